The van der Waals surface area contributed by atoms with Gasteiger partial charge in [-0.2, -0.15) is 0 Å². The molecule has 0 radical (unpaired) electrons. The van der Waals surface area contributed by atoms with E-state index in [4.69, 9.17) is 4.42 Å². The smallest absolute Gasteiger partial charge is 0.250 e. The molecule has 36 heavy (non-hydrogen) atoms. The lowest BCUT2D eigenvalue weighted by molar-refractivity contribution is -0.143. The zero-order valence-electron chi connectivity index (χ0n) is 20.5. The Bertz CT molecular complexity index is 1320. The molecule has 4 aromatic rings. The number of nitrogens with zero attached hydrogens (tertiary/aromatic N) is 4. The molecule has 0 spiro atoms. The van der Waals surface area contributed by atoms with Crippen molar-refractivity contribution in [3.8, 4) is 0 Å². The van der Waals surface area contributed by atoms with E-state index in [1.165, 1.54) is 6.42 Å². The molecule has 0 aliphatic heterocycles. The molecule has 1 aliphatic rings. The van der Waals surface area contributed by atoms with Crippen molar-refractivity contribution in [3.05, 3.63) is 83.8 Å². The number of aryl methyl sites for hydroxylation is 1. The summed E-state index contributed by atoms with van der Waals surface area (Å²) in [4.78, 5) is 29.3. The topological polar surface area (TPSA) is 93.3 Å². The monoisotopic (exact) mass is 485 g/mol. The number of hydrogen-bond acceptors (Lipinski definition) is 5. The number of hydrogen-bond donors (Lipinski definition) is 1. The van der Waals surface area contributed by atoms with Gasteiger partial charge in [0.15, 0.2) is 6.04 Å². The van der Waals surface area contributed by atoms with Gasteiger partial charge in [-0.3, -0.25) is 9.59 Å². The predicted octanol–water partition coefficient (Wildman–Crippen LogP) is 4.55. The molecule has 2 heterocycles. The van der Waals surface area contributed by atoms with E-state index in [1.54, 1.807) is 15.6 Å². The lowest BCUT2D eigenvalue weighted by atomic mass is 9.95. The van der Waals surface area contributed by atoms with Gasteiger partial charge < -0.3 is 14.6 Å². The number of furan rings is 1. The van der Waals surface area contributed by atoms with Crippen molar-refractivity contribution in [2.45, 2.75) is 64.2 Å². The van der Waals surface area contributed by atoms with Gasteiger partial charge in [0.05, 0.1) is 5.52 Å². The Hall–Kier alpha value is -3.94. The Morgan fingerprint density at radius 1 is 1.03 bits per heavy atom. The van der Waals surface area contributed by atoms with Crippen LogP contribution in [0, 0.1) is 6.92 Å². The molecule has 8 heteroatoms. The van der Waals surface area contributed by atoms with E-state index in [2.05, 4.69) is 15.6 Å². The number of carbonyl (C=O) groups is 2. The minimum atomic E-state index is -0.900. The van der Waals surface area contributed by atoms with E-state index >= 15 is 0 Å². The third kappa shape index (κ3) is 5.32. The van der Waals surface area contributed by atoms with Gasteiger partial charge in [0.25, 0.3) is 5.91 Å². The standard InChI is InChI=1S/C28H31N5O3/c1-20-16-17-25(36-20)27(28(35)29-22-12-6-3-7-13-22)32(18-21-10-4-2-5-11-21)26(34)19-33-24-15-9-8-14-23(24)30-31-33/h2,4-5,8-11,14-17,22,27H,3,6-7,12-13,18-19H2,1H3,(H,29,35)/t27-/m1/s1. The van der Waals surface area contributed by atoms with Crippen molar-refractivity contribution in [2.24, 2.45) is 0 Å². The highest BCUT2D eigenvalue weighted by Gasteiger charge is 2.35. The summed E-state index contributed by atoms with van der Waals surface area (Å²) in [6.07, 6.45) is 5.29. The van der Waals surface area contributed by atoms with Crippen LogP contribution in [0.25, 0.3) is 11.0 Å². The second-order valence-electron chi connectivity index (χ2n) is 9.44. The lowest BCUT2D eigenvalue weighted by Crippen LogP contribution is -2.47. The fourth-order valence-electron chi connectivity index (χ4n) is 4.91. The van der Waals surface area contributed by atoms with Crippen LogP contribution in [0.1, 0.15) is 55.2 Å². The van der Waals surface area contributed by atoms with Gasteiger partial charge in [0, 0.05) is 12.6 Å². The quantitative estimate of drug-likeness (QED) is 0.395. The summed E-state index contributed by atoms with van der Waals surface area (Å²) in [5, 5.41) is 11.6. The summed E-state index contributed by atoms with van der Waals surface area (Å²) in [5.41, 5.74) is 2.41. The number of carbonyl (C=O) groups excluding carboxylic acids is 2. The van der Waals surface area contributed by atoms with Crippen molar-refractivity contribution in [1.82, 2.24) is 25.2 Å². The third-order valence-electron chi connectivity index (χ3n) is 6.76. The fraction of sp³-hybridized carbons (Fsp3) is 0.357. The van der Waals surface area contributed by atoms with Gasteiger partial charge in [-0.05, 0) is 49.6 Å². The van der Waals surface area contributed by atoms with Crippen molar-refractivity contribution in [2.75, 3.05) is 0 Å². The maximum absolute atomic E-state index is 13.9. The molecule has 1 saturated carbocycles. The molecular weight excluding hydrogens is 454 g/mol. The first-order valence-electron chi connectivity index (χ1n) is 12.6. The summed E-state index contributed by atoms with van der Waals surface area (Å²) in [7, 11) is 0. The number of para-hydroxylation sites is 1. The molecule has 186 valence electrons. The van der Waals surface area contributed by atoms with Crippen molar-refractivity contribution in [1.29, 1.82) is 0 Å². The fourth-order valence-corrected chi connectivity index (χ4v) is 4.91. The van der Waals surface area contributed by atoms with Crippen LogP contribution in [0.4, 0.5) is 0 Å². The molecule has 2 aromatic carbocycles. The van der Waals surface area contributed by atoms with Crippen LogP contribution in [-0.2, 0) is 22.7 Å². The van der Waals surface area contributed by atoms with Gasteiger partial charge in [-0.25, -0.2) is 4.68 Å². The molecule has 5 rings (SSSR count). The van der Waals surface area contributed by atoms with Gasteiger partial charge in [0.1, 0.15) is 23.6 Å². The summed E-state index contributed by atoms with van der Waals surface area (Å²) in [6.45, 7) is 2.06. The van der Waals surface area contributed by atoms with Crippen LogP contribution < -0.4 is 5.32 Å². The average molecular weight is 486 g/mol. The molecule has 0 bridgehead atoms. The van der Waals surface area contributed by atoms with E-state index < -0.39 is 6.04 Å². The van der Waals surface area contributed by atoms with E-state index in [1.807, 2.05) is 67.6 Å². The second-order valence-corrected chi connectivity index (χ2v) is 9.44. The molecule has 1 N–H and O–H groups in total. The average Bonchev–Trinajstić information content (AvgIpc) is 3.51. The molecule has 2 amide bonds. The minimum Gasteiger partial charge on any atom is -0.464 e. The maximum atomic E-state index is 13.9. The van der Waals surface area contributed by atoms with E-state index in [0.29, 0.717) is 17.0 Å². The minimum absolute atomic E-state index is 0.0414. The largest absolute Gasteiger partial charge is 0.464 e. The summed E-state index contributed by atoms with van der Waals surface area (Å²) in [6, 6.07) is 20.0. The van der Waals surface area contributed by atoms with Crippen molar-refractivity contribution < 1.29 is 14.0 Å². The normalized spacial score (nSPS) is 15.0. The van der Waals surface area contributed by atoms with Gasteiger partial charge in [-0.1, -0.05) is 66.9 Å². The van der Waals surface area contributed by atoms with Crippen LogP contribution in [0.3, 0.4) is 0 Å². The molecule has 8 nitrogen and oxygen atoms in total. The highest BCUT2D eigenvalue weighted by atomic mass is 16.3. The number of fused-ring (bicyclic) bond motifs is 1. The summed E-state index contributed by atoms with van der Waals surface area (Å²) >= 11 is 0. The Morgan fingerprint density at radius 3 is 2.53 bits per heavy atom. The van der Waals surface area contributed by atoms with E-state index in [9.17, 15) is 9.59 Å². The first kappa shape index (κ1) is 23.8. The zero-order valence-corrected chi connectivity index (χ0v) is 20.5. The predicted molar refractivity (Wildman–Crippen MR) is 136 cm³/mol. The second kappa shape index (κ2) is 10.8. The zero-order chi connectivity index (χ0) is 24.9. The van der Waals surface area contributed by atoms with Gasteiger partial charge in [-0.15, -0.1) is 5.10 Å². The van der Waals surface area contributed by atoms with E-state index in [0.717, 1.165) is 36.8 Å². The van der Waals surface area contributed by atoms with Crippen LogP contribution >= 0.6 is 0 Å². The molecule has 1 atom stereocenters. The molecule has 2 aromatic heterocycles. The highest BCUT2D eigenvalue weighted by molar-refractivity contribution is 5.89. The number of benzene rings is 2. The SMILES string of the molecule is Cc1ccc([C@H](C(=O)NC2CCCCC2)N(Cc2ccccc2)C(=O)Cn2nnc3ccccc32)o1. The number of amides is 2. The first-order valence-corrected chi connectivity index (χ1v) is 12.6. The molecule has 0 unspecified atom stereocenters. The summed E-state index contributed by atoms with van der Waals surface area (Å²) < 4.78 is 7.52. The van der Waals surface area contributed by atoms with Crippen molar-refractivity contribution in [3.63, 3.8) is 0 Å². The Balaban J connectivity index is 1.49. The Labute approximate surface area is 210 Å². The molecule has 0 saturated heterocycles. The lowest BCUT2D eigenvalue weighted by Gasteiger charge is -2.32. The number of rotatable bonds is 8. The number of aromatic nitrogens is 3. The molecule has 1 fully saturated rings. The van der Waals surface area contributed by atoms with Gasteiger partial charge in [0.2, 0.25) is 5.91 Å². The maximum Gasteiger partial charge on any atom is 0.250 e. The van der Waals surface area contributed by atoms with Crippen LogP contribution in [-0.4, -0.2) is 37.7 Å². The highest BCUT2D eigenvalue weighted by Crippen LogP contribution is 2.28. The Kier molecular flexibility index (Phi) is 7.11. The number of nitrogens with one attached hydrogen (secondary N) is 1. The first-order chi connectivity index (χ1) is 17.6. The Morgan fingerprint density at radius 2 is 1.78 bits per heavy atom. The van der Waals surface area contributed by atoms with Crippen LogP contribution in [0.15, 0.2) is 71.1 Å². The molecule has 1 aliphatic carbocycles. The van der Waals surface area contributed by atoms with Crippen molar-refractivity contribution >= 4 is 22.8 Å². The summed E-state index contributed by atoms with van der Waals surface area (Å²) in [5.74, 6) is 0.680. The van der Waals surface area contributed by atoms with Crippen LogP contribution in [0.2, 0.25) is 0 Å². The molecular formula is C28H31N5O3. The van der Waals surface area contributed by atoms with E-state index in [-0.39, 0.29) is 30.9 Å². The van der Waals surface area contributed by atoms with Gasteiger partial charge >= 0.3 is 0 Å². The third-order valence-corrected chi connectivity index (χ3v) is 6.76. The van der Waals surface area contributed by atoms with Crippen LogP contribution in [0.5, 0.6) is 0 Å².